The topological polar surface area (TPSA) is 58.3 Å². The molecule has 0 spiro atoms. The molecule has 6 nitrogen and oxygen atoms in total. The summed E-state index contributed by atoms with van der Waals surface area (Å²) in [5, 5.41) is 3.52. The Hall–Kier alpha value is -4.37. The zero-order valence-corrected chi connectivity index (χ0v) is 24.5. The van der Waals surface area contributed by atoms with Gasteiger partial charge in [0.15, 0.2) is 0 Å². The van der Waals surface area contributed by atoms with E-state index in [-0.39, 0.29) is 0 Å². The monoisotopic (exact) mass is 564 g/mol. The second kappa shape index (κ2) is 13.1. The van der Waals surface area contributed by atoms with Gasteiger partial charge in [0.25, 0.3) is 0 Å². The molecule has 4 aromatic rings. The lowest BCUT2D eigenvalue weighted by Crippen LogP contribution is -2.29. The molecule has 0 amide bonds. The number of rotatable bonds is 11. The minimum atomic E-state index is -2.65. The number of anilines is 1. The Morgan fingerprint density at radius 1 is 0.881 bits per heavy atom. The van der Waals surface area contributed by atoms with E-state index in [0.717, 1.165) is 61.8 Å². The third-order valence-corrected chi connectivity index (χ3v) is 7.33. The molecule has 42 heavy (non-hydrogen) atoms. The summed E-state index contributed by atoms with van der Waals surface area (Å²) < 4.78 is 29.6. The summed E-state index contributed by atoms with van der Waals surface area (Å²) in [6, 6.07) is 21.7. The van der Waals surface area contributed by atoms with Crippen molar-refractivity contribution >= 4 is 24.4 Å². The maximum Gasteiger partial charge on any atom is 0.677 e. The predicted octanol–water partition coefficient (Wildman–Crippen LogP) is 6.96. The number of hydrogen-bond donors (Lipinski definition) is 1. The third-order valence-electron chi connectivity index (χ3n) is 7.33. The van der Waals surface area contributed by atoms with Crippen LogP contribution in [-0.4, -0.2) is 45.5 Å². The molecule has 1 aromatic carbocycles. The number of nitrogens with one attached hydrogen (secondary N) is 1. The number of benzene rings is 1. The van der Waals surface area contributed by atoms with Gasteiger partial charge in [-0.25, -0.2) is 0 Å². The summed E-state index contributed by atoms with van der Waals surface area (Å²) in [6.45, 7) is 10.4. The van der Waals surface area contributed by atoms with Gasteiger partial charge < -0.3 is 9.79 Å². The highest BCUT2D eigenvalue weighted by Crippen LogP contribution is 2.37. The summed E-state index contributed by atoms with van der Waals surface area (Å²) >= 11 is 0. The molecule has 1 N–H and O–H groups in total. The van der Waals surface area contributed by atoms with Crippen LogP contribution in [-0.2, 0) is 13.1 Å². The van der Waals surface area contributed by atoms with Gasteiger partial charge in [-0.1, -0.05) is 24.3 Å². The van der Waals surface area contributed by atoms with Crippen LogP contribution < -0.4 is 5.32 Å². The van der Waals surface area contributed by atoms with Crippen LogP contribution in [0.3, 0.4) is 0 Å². The maximum absolute atomic E-state index is 14.3. The fourth-order valence-corrected chi connectivity index (χ4v) is 5.47. The lowest BCUT2D eigenvalue weighted by molar-refractivity contribution is 0.261. The lowest BCUT2D eigenvalue weighted by Gasteiger charge is -2.22. The van der Waals surface area contributed by atoms with Crippen molar-refractivity contribution in [1.82, 2.24) is 19.3 Å². The summed E-state index contributed by atoms with van der Waals surface area (Å²) in [5.41, 5.74) is 8.91. The Balaban J connectivity index is 1.36. The van der Waals surface area contributed by atoms with Crippen LogP contribution in [0.1, 0.15) is 47.8 Å². The molecule has 1 aliphatic rings. The number of allylic oxidation sites excluding steroid dienone is 2. The number of halogens is 2. The Labute approximate surface area is 246 Å². The number of aromatic nitrogens is 3. The molecule has 0 saturated heterocycles. The molecular formula is C33H35BF2N6. The largest absolute Gasteiger partial charge is 0.677 e. The number of hydrogen-bond acceptors (Lipinski definition) is 5. The van der Waals surface area contributed by atoms with Crippen molar-refractivity contribution in [3.05, 3.63) is 130 Å². The first-order chi connectivity index (χ1) is 20.3. The molecule has 5 rings (SSSR count). The highest BCUT2D eigenvalue weighted by atomic mass is 19.2. The molecule has 0 saturated carbocycles. The molecule has 9 heteroatoms. The van der Waals surface area contributed by atoms with Gasteiger partial charge in [0.1, 0.15) is 0 Å². The maximum atomic E-state index is 14.3. The fraction of sp³-hybridized carbons (Fsp3) is 0.242. The van der Waals surface area contributed by atoms with Gasteiger partial charge in [-0.2, -0.15) is 0 Å². The van der Waals surface area contributed by atoms with E-state index < -0.39 is 7.40 Å². The molecule has 0 aliphatic carbocycles. The van der Waals surface area contributed by atoms with Gasteiger partial charge >= 0.3 is 7.40 Å². The summed E-state index contributed by atoms with van der Waals surface area (Å²) in [4.78, 5) is 16.1. The minimum Gasteiger partial charge on any atom is -0.384 e. The minimum absolute atomic E-state index is 0.504. The molecule has 214 valence electrons. The molecule has 4 heterocycles. The van der Waals surface area contributed by atoms with Gasteiger partial charge in [0.2, 0.25) is 0 Å². The van der Waals surface area contributed by atoms with E-state index in [0.29, 0.717) is 31.0 Å². The van der Waals surface area contributed by atoms with Gasteiger partial charge in [-0.15, -0.1) is 0 Å². The van der Waals surface area contributed by atoms with Crippen molar-refractivity contribution in [1.29, 1.82) is 0 Å². The van der Waals surface area contributed by atoms with Crippen molar-refractivity contribution in [3.8, 4) is 0 Å². The van der Waals surface area contributed by atoms with Crippen LogP contribution in [0, 0.1) is 13.8 Å². The molecule has 0 atom stereocenters. The second-order valence-electron chi connectivity index (χ2n) is 10.6. The lowest BCUT2D eigenvalue weighted by atomic mass is 9.94. The number of aryl methyl sites for hydroxylation is 2. The Morgan fingerprint density at radius 3 is 2.05 bits per heavy atom. The van der Waals surface area contributed by atoms with E-state index in [1.165, 1.54) is 0 Å². The normalized spacial score (nSPS) is 14.2. The molecule has 0 bridgehead atoms. The van der Waals surface area contributed by atoms with Crippen LogP contribution in [0.15, 0.2) is 101 Å². The SMILES string of the molecule is CC1=CC(C)=N/C1=C(/c1ccc(NCCN(Cc2ccccn2)Cc2ccccn2)cc1)c1c(C)cc(C)n1B(F)F. The summed E-state index contributed by atoms with van der Waals surface area (Å²) in [7, 11) is -2.65. The zero-order chi connectivity index (χ0) is 29.6. The van der Waals surface area contributed by atoms with E-state index in [2.05, 4.69) is 20.2 Å². The van der Waals surface area contributed by atoms with Gasteiger partial charge in [-0.05, 0) is 92.9 Å². The van der Waals surface area contributed by atoms with Crippen molar-refractivity contribution in [2.24, 2.45) is 4.99 Å². The highest BCUT2D eigenvalue weighted by molar-refractivity contribution is 6.41. The van der Waals surface area contributed by atoms with Crippen LogP contribution in [0.25, 0.3) is 5.57 Å². The molecule has 0 unspecified atom stereocenters. The van der Waals surface area contributed by atoms with E-state index in [4.69, 9.17) is 4.99 Å². The fourth-order valence-electron chi connectivity index (χ4n) is 5.47. The Bertz CT molecular complexity index is 1570. The van der Waals surface area contributed by atoms with Crippen molar-refractivity contribution in [2.45, 2.75) is 40.8 Å². The second-order valence-corrected chi connectivity index (χ2v) is 10.6. The van der Waals surface area contributed by atoms with Crippen molar-refractivity contribution in [3.63, 3.8) is 0 Å². The molecule has 0 radical (unpaired) electrons. The summed E-state index contributed by atoms with van der Waals surface area (Å²) in [6.07, 6.45) is 5.62. The van der Waals surface area contributed by atoms with Gasteiger partial charge in [0.05, 0.1) is 17.1 Å². The number of pyridine rings is 2. The Morgan fingerprint density at radius 2 is 1.52 bits per heavy atom. The van der Waals surface area contributed by atoms with Crippen LogP contribution in [0.4, 0.5) is 14.3 Å². The smallest absolute Gasteiger partial charge is 0.384 e. The van der Waals surface area contributed by atoms with Crippen LogP contribution in [0.2, 0.25) is 0 Å². The first-order valence-electron chi connectivity index (χ1n) is 14.1. The molecule has 0 fully saturated rings. The van der Waals surface area contributed by atoms with Crippen LogP contribution >= 0.6 is 0 Å². The molecule has 1 aliphatic heterocycles. The van der Waals surface area contributed by atoms with Crippen molar-refractivity contribution < 1.29 is 8.63 Å². The predicted molar refractivity (Wildman–Crippen MR) is 168 cm³/mol. The average Bonchev–Trinajstić information content (AvgIpc) is 3.46. The first-order valence-corrected chi connectivity index (χ1v) is 14.1. The van der Waals surface area contributed by atoms with Gasteiger partial charge in [-0.3, -0.25) is 28.5 Å². The molecule has 3 aromatic heterocycles. The quantitative estimate of drug-likeness (QED) is 0.200. The highest BCUT2D eigenvalue weighted by Gasteiger charge is 2.29. The number of nitrogens with zero attached hydrogens (tertiary/aromatic N) is 5. The van der Waals surface area contributed by atoms with E-state index >= 15 is 0 Å². The summed E-state index contributed by atoms with van der Waals surface area (Å²) in [5.74, 6) is 0. The third kappa shape index (κ3) is 6.74. The standard InChI is InChI=1S/C33H35BF2N6/c1-23-19-25(3)40-32(23)31(33-24(2)20-26(4)42(33)34(35)36)27-11-13-28(14-12-27)39-17-18-41(21-29-9-5-7-15-37-29)22-30-10-6-8-16-38-30/h5-16,19-20,39H,17-18,21-22H2,1-4H3/b32-31-. The van der Waals surface area contributed by atoms with E-state index in [1.807, 2.05) is 106 Å². The Kier molecular flexibility index (Phi) is 9.08. The first kappa shape index (κ1) is 29.1. The van der Waals surface area contributed by atoms with Gasteiger partial charge in [0, 0.05) is 66.9 Å². The number of aliphatic imine (C=N–C) groups is 1. The average molecular weight is 564 g/mol. The van der Waals surface area contributed by atoms with Crippen LogP contribution in [0.5, 0.6) is 0 Å². The van der Waals surface area contributed by atoms with E-state index in [1.54, 1.807) is 6.92 Å². The van der Waals surface area contributed by atoms with Crippen molar-refractivity contribution in [2.75, 3.05) is 18.4 Å². The zero-order valence-electron chi connectivity index (χ0n) is 24.5. The van der Waals surface area contributed by atoms with E-state index in [9.17, 15) is 8.63 Å². The molecular weight excluding hydrogens is 529 g/mol.